The number of allylic oxidation sites excluding steroid dienone is 1. The molecule has 0 bridgehead atoms. The van der Waals surface area contributed by atoms with Crippen LogP contribution in [0.1, 0.15) is 11.8 Å². The minimum Gasteiger partial charge on any atom is -0.494 e. The van der Waals surface area contributed by atoms with E-state index < -0.39 is 0 Å². The van der Waals surface area contributed by atoms with Gasteiger partial charge in [-0.25, -0.2) is 0 Å². The highest BCUT2D eigenvalue weighted by molar-refractivity contribution is 7.16. The van der Waals surface area contributed by atoms with Gasteiger partial charge >= 0.3 is 0 Å². The summed E-state index contributed by atoms with van der Waals surface area (Å²) in [5.41, 5.74) is 1.03. The van der Waals surface area contributed by atoms with Crippen molar-refractivity contribution in [1.82, 2.24) is 4.57 Å². The summed E-state index contributed by atoms with van der Waals surface area (Å²) >= 11 is 3.07. The van der Waals surface area contributed by atoms with Gasteiger partial charge in [0.2, 0.25) is 0 Å². The van der Waals surface area contributed by atoms with E-state index in [1.165, 1.54) is 11.3 Å². The smallest absolute Gasteiger partial charge is 0.253 e. The van der Waals surface area contributed by atoms with Crippen LogP contribution in [0.25, 0.3) is 10.2 Å². The van der Waals surface area contributed by atoms with Gasteiger partial charge in [0.15, 0.2) is 4.80 Å². The molecule has 3 aromatic rings. The number of ether oxygens (including phenoxy) is 1. The quantitative estimate of drug-likeness (QED) is 0.625. The Balaban J connectivity index is 2.01. The minimum absolute atomic E-state index is 0.133. The molecule has 0 aliphatic heterocycles. The maximum absolute atomic E-state index is 12.3. The molecule has 0 unspecified atom stereocenters. The summed E-state index contributed by atoms with van der Waals surface area (Å²) in [7, 11) is 0. The van der Waals surface area contributed by atoms with Crippen LogP contribution in [0.3, 0.4) is 0 Å². The first kappa shape index (κ1) is 16.7. The number of fused-ring (bicyclic) bond motifs is 1. The average molecular weight is 358 g/mol. The van der Waals surface area contributed by atoms with Gasteiger partial charge in [0, 0.05) is 11.4 Å². The molecule has 0 saturated heterocycles. The molecule has 0 N–H and O–H groups in total. The van der Waals surface area contributed by atoms with Gasteiger partial charge in [-0.15, -0.1) is 17.9 Å². The molecule has 0 spiro atoms. The second-order valence-electron chi connectivity index (χ2n) is 5.11. The normalized spacial score (nSPS) is 11.8. The first-order valence-electron chi connectivity index (χ1n) is 7.68. The molecule has 6 heteroatoms. The molecule has 0 saturated carbocycles. The summed E-state index contributed by atoms with van der Waals surface area (Å²) in [5.74, 6) is 0.695. The Morgan fingerprint density at radius 1 is 1.42 bits per heavy atom. The van der Waals surface area contributed by atoms with Gasteiger partial charge in [-0.05, 0) is 36.6 Å². The zero-order valence-electron chi connectivity index (χ0n) is 13.4. The van der Waals surface area contributed by atoms with Crippen molar-refractivity contribution < 1.29 is 9.53 Å². The largest absolute Gasteiger partial charge is 0.494 e. The number of aromatic nitrogens is 1. The predicted octanol–water partition coefficient (Wildman–Crippen LogP) is 4.02. The van der Waals surface area contributed by atoms with Crippen molar-refractivity contribution in [3.8, 4) is 5.75 Å². The van der Waals surface area contributed by atoms with Crippen molar-refractivity contribution in [2.45, 2.75) is 19.9 Å². The SMILES string of the molecule is C=CCn1c(=NC(=O)Cc2cccs2)sc2cc(OCC)ccc21. The van der Waals surface area contributed by atoms with Gasteiger partial charge in [0.25, 0.3) is 5.91 Å². The minimum atomic E-state index is -0.133. The topological polar surface area (TPSA) is 43.6 Å². The molecule has 2 heterocycles. The molecule has 0 aliphatic rings. The Kier molecular flexibility index (Phi) is 5.27. The monoisotopic (exact) mass is 358 g/mol. The maximum Gasteiger partial charge on any atom is 0.253 e. The van der Waals surface area contributed by atoms with Gasteiger partial charge in [-0.1, -0.05) is 23.5 Å². The van der Waals surface area contributed by atoms with Gasteiger partial charge < -0.3 is 9.30 Å². The van der Waals surface area contributed by atoms with E-state index in [2.05, 4.69) is 11.6 Å². The molecule has 3 rings (SSSR count). The highest BCUT2D eigenvalue weighted by Crippen LogP contribution is 2.23. The summed E-state index contributed by atoms with van der Waals surface area (Å²) in [6.45, 7) is 7.00. The molecule has 0 fully saturated rings. The number of carbonyl (C=O) groups is 1. The summed E-state index contributed by atoms with van der Waals surface area (Å²) < 4.78 is 8.61. The Morgan fingerprint density at radius 3 is 3.00 bits per heavy atom. The van der Waals surface area contributed by atoms with E-state index in [-0.39, 0.29) is 5.91 Å². The summed E-state index contributed by atoms with van der Waals surface area (Å²) in [4.78, 5) is 18.3. The molecule has 0 radical (unpaired) electrons. The number of rotatable bonds is 6. The number of thiophene rings is 1. The van der Waals surface area contributed by atoms with Crippen LogP contribution in [-0.4, -0.2) is 17.1 Å². The molecular formula is C18H18N2O2S2. The van der Waals surface area contributed by atoms with E-state index in [0.29, 0.717) is 24.4 Å². The Bertz CT molecular complexity index is 920. The molecule has 2 aromatic heterocycles. The summed E-state index contributed by atoms with van der Waals surface area (Å²) in [6.07, 6.45) is 2.15. The maximum atomic E-state index is 12.3. The van der Waals surface area contributed by atoms with Crippen LogP contribution in [0, 0.1) is 0 Å². The first-order valence-corrected chi connectivity index (χ1v) is 9.38. The van der Waals surface area contributed by atoms with Crippen LogP contribution in [0.2, 0.25) is 0 Å². The van der Waals surface area contributed by atoms with E-state index in [1.54, 1.807) is 11.3 Å². The molecule has 0 aliphatic carbocycles. The van der Waals surface area contributed by atoms with E-state index in [1.807, 2.05) is 53.3 Å². The van der Waals surface area contributed by atoms with E-state index in [0.717, 1.165) is 20.8 Å². The van der Waals surface area contributed by atoms with Crippen LogP contribution >= 0.6 is 22.7 Å². The molecule has 1 amide bonds. The Hall–Kier alpha value is -2.18. The number of benzene rings is 1. The van der Waals surface area contributed by atoms with Crippen molar-refractivity contribution in [2.24, 2.45) is 4.99 Å². The van der Waals surface area contributed by atoms with Gasteiger partial charge in [-0.2, -0.15) is 4.99 Å². The second-order valence-corrected chi connectivity index (χ2v) is 7.15. The number of carbonyl (C=O) groups excluding carboxylic acids is 1. The third kappa shape index (κ3) is 3.66. The zero-order valence-corrected chi connectivity index (χ0v) is 15.0. The predicted molar refractivity (Wildman–Crippen MR) is 99.8 cm³/mol. The fourth-order valence-electron chi connectivity index (χ4n) is 2.41. The number of thiazole rings is 1. The van der Waals surface area contributed by atoms with Gasteiger partial charge in [0.05, 0.1) is 23.2 Å². The fourth-order valence-corrected chi connectivity index (χ4v) is 4.19. The lowest BCUT2D eigenvalue weighted by Gasteiger charge is -2.04. The summed E-state index contributed by atoms with van der Waals surface area (Å²) in [5, 5.41) is 1.97. The van der Waals surface area contributed by atoms with Crippen molar-refractivity contribution in [2.75, 3.05) is 6.61 Å². The van der Waals surface area contributed by atoms with Crippen LogP contribution in [0.5, 0.6) is 5.75 Å². The Morgan fingerprint density at radius 2 is 2.29 bits per heavy atom. The highest BCUT2D eigenvalue weighted by Gasteiger charge is 2.09. The second kappa shape index (κ2) is 7.59. The number of nitrogens with zero attached hydrogens (tertiary/aromatic N) is 2. The van der Waals surface area contributed by atoms with E-state index in [4.69, 9.17) is 4.74 Å². The molecule has 1 aromatic carbocycles. The Labute approximate surface area is 148 Å². The lowest BCUT2D eigenvalue weighted by molar-refractivity contribution is -0.117. The lowest BCUT2D eigenvalue weighted by Crippen LogP contribution is -2.16. The third-order valence-electron chi connectivity index (χ3n) is 3.40. The van der Waals surface area contributed by atoms with Gasteiger partial charge in [-0.3, -0.25) is 4.79 Å². The fraction of sp³-hybridized carbons (Fsp3) is 0.222. The molecular weight excluding hydrogens is 340 g/mol. The van der Waals surface area contributed by atoms with Crippen LogP contribution < -0.4 is 9.54 Å². The standard InChI is InChI=1S/C18H18N2O2S2/c1-3-9-20-15-8-7-13(22-4-2)11-16(15)24-18(20)19-17(21)12-14-6-5-10-23-14/h3,5-8,10-11H,1,4,9,12H2,2H3. The first-order chi connectivity index (χ1) is 11.7. The van der Waals surface area contributed by atoms with Crippen molar-refractivity contribution >= 4 is 38.8 Å². The van der Waals surface area contributed by atoms with Crippen LogP contribution in [0.15, 0.2) is 53.4 Å². The third-order valence-corrected chi connectivity index (χ3v) is 5.32. The molecule has 4 nitrogen and oxygen atoms in total. The van der Waals surface area contributed by atoms with Crippen molar-refractivity contribution in [3.63, 3.8) is 0 Å². The van der Waals surface area contributed by atoms with Crippen molar-refractivity contribution in [3.05, 3.63) is 58.0 Å². The number of hydrogen-bond donors (Lipinski definition) is 0. The van der Waals surface area contributed by atoms with Crippen LogP contribution in [0.4, 0.5) is 0 Å². The molecule has 24 heavy (non-hydrogen) atoms. The molecule has 124 valence electrons. The highest BCUT2D eigenvalue weighted by atomic mass is 32.1. The lowest BCUT2D eigenvalue weighted by atomic mass is 10.3. The van der Waals surface area contributed by atoms with E-state index in [9.17, 15) is 4.79 Å². The van der Waals surface area contributed by atoms with Crippen molar-refractivity contribution in [1.29, 1.82) is 0 Å². The van der Waals surface area contributed by atoms with Crippen LogP contribution in [-0.2, 0) is 17.8 Å². The number of hydrogen-bond acceptors (Lipinski definition) is 4. The van der Waals surface area contributed by atoms with Gasteiger partial charge in [0.1, 0.15) is 5.75 Å². The number of amides is 1. The molecule has 0 atom stereocenters. The average Bonchev–Trinajstić information content (AvgIpc) is 3.16. The van der Waals surface area contributed by atoms with E-state index >= 15 is 0 Å². The summed E-state index contributed by atoms with van der Waals surface area (Å²) in [6, 6.07) is 9.83. The zero-order chi connectivity index (χ0) is 16.9.